The smallest absolute Gasteiger partial charge is 0.0693 e. The molecule has 2 rings (SSSR count). The lowest BCUT2D eigenvalue weighted by molar-refractivity contribution is 0.199. The first-order valence-corrected chi connectivity index (χ1v) is 6.96. The molecule has 0 saturated carbocycles. The molecule has 4 nitrogen and oxygen atoms in total. The first-order valence-electron chi connectivity index (χ1n) is 6.96. The van der Waals surface area contributed by atoms with Gasteiger partial charge in [0.1, 0.15) is 0 Å². The molecule has 1 heterocycles. The zero-order valence-electron chi connectivity index (χ0n) is 12.7. The number of aromatic nitrogens is 2. The van der Waals surface area contributed by atoms with Gasteiger partial charge in [-0.3, -0.25) is 0 Å². The molecule has 0 aliphatic heterocycles. The van der Waals surface area contributed by atoms with Gasteiger partial charge in [0.05, 0.1) is 18.0 Å². The van der Waals surface area contributed by atoms with Crippen molar-refractivity contribution >= 4 is 0 Å². The third-order valence-corrected chi connectivity index (χ3v) is 3.67. The van der Waals surface area contributed by atoms with E-state index in [1.165, 1.54) is 16.8 Å². The van der Waals surface area contributed by atoms with Crippen molar-refractivity contribution in [2.75, 3.05) is 20.3 Å². The summed E-state index contributed by atoms with van der Waals surface area (Å²) in [6.45, 7) is 8.68. The Bertz CT molecular complexity index is 575. The number of hydrogen-bond acceptors (Lipinski definition) is 3. The zero-order chi connectivity index (χ0) is 14.5. The number of nitrogens with one attached hydrogen (secondary N) is 1. The van der Waals surface area contributed by atoms with Gasteiger partial charge in [0.25, 0.3) is 0 Å². The molecule has 2 aromatic rings. The molecular formula is C16H23N3O. The highest BCUT2D eigenvalue weighted by atomic mass is 16.5. The monoisotopic (exact) mass is 273 g/mol. The number of rotatable bonds is 6. The molecule has 0 spiro atoms. The second-order valence-corrected chi connectivity index (χ2v) is 5.01. The maximum absolute atomic E-state index is 5.05. The fourth-order valence-electron chi connectivity index (χ4n) is 2.22. The highest BCUT2D eigenvalue weighted by Gasteiger charge is 2.11. The molecule has 0 saturated heterocycles. The molecule has 0 radical (unpaired) electrons. The molecule has 1 N–H and O–H groups in total. The summed E-state index contributed by atoms with van der Waals surface area (Å²) in [6.07, 6.45) is 0. The lowest BCUT2D eigenvalue weighted by atomic mass is 10.1. The maximum Gasteiger partial charge on any atom is 0.0693 e. The number of aryl methyl sites for hydroxylation is 1. The van der Waals surface area contributed by atoms with E-state index in [1.807, 2.05) is 4.68 Å². The van der Waals surface area contributed by atoms with Gasteiger partial charge in [0.2, 0.25) is 0 Å². The molecule has 4 heteroatoms. The van der Waals surface area contributed by atoms with Crippen LogP contribution in [0.4, 0.5) is 0 Å². The Morgan fingerprint density at radius 3 is 2.60 bits per heavy atom. The number of nitrogens with zero attached hydrogens (tertiary/aromatic N) is 2. The van der Waals surface area contributed by atoms with E-state index in [-0.39, 0.29) is 0 Å². The maximum atomic E-state index is 5.05. The van der Waals surface area contributed by atoms with Crippen LogP contribution in [0.25, 0.3) is 5.69 Å². The minimum absolute atomic E-state index is 0.723. The number of ether oxygens (including phenoxy) is 1. The van der Waals surface area contributed by atoms with Crippen molar-refractivity contribution in [2.45, 2.75) is 27.3 Å². The SMILES string of the molecule is COCCNCc1ccccc1-n1nc(C)c(C)c1C. The van der Waals surface area contributed by atoms with Crippen molar-refractivity contribution in [3.63, 3.8) is 0 Å². The summed E-state index contributed by atoms with van der Waals surface area (Å²) in [5, 5.41) is 8.04. The van der Waals surface area contributed by atoms with Crippen molar-refractivity contribution in [3.05, 3.63) is 46.8 Å². The van der Waals surface area contributed by atoms with Crippen molar-refractivity contribution < 1.29 is 4.74 Å². The van der Waals surface area contributed by atoms with E-state index in [4.69, 9.17) is 4.74 Å². The Morgan fingerprint density at radius 2 is 1.95 bits per heavy atom. The number of methoxy groups -OCH3 is 1. The highest BCUT2D eigenvalue weighted by molar-refractivity contribution is 5.43. The van der Waals surface area contributed by atoms with Gasteiger partial charge in [-0.1, -0.05) is 18.2 Å². The van der Waals surface area contributed by atoms with E-state index in [9.17, 15) is 0 Å². The average molecular weight is 273 g/mol. The molecule has 0 unspecified atom stereocenters. The lowest BCUT2D eigenvalue weighted by Crippen LogP contribution is -2.19. The van der Waals surface area contributed by atoms with Crippen LogP contribution in [-0.4, -0.2) is 30.0 Å². The predicted octanol–water partition coefficient (Wildman–Crippen LogP) is 2.53. The normalized spacial score (nSPS) is 11.0. The Balaban J connectivity index is 2.25. The van der Waals surface area contributed by atoms with Crippen LogP contribution in [0.2, 0.25) is 0 Å². The van der Waals surface area contributed by atoms with E-state index in [0.717, 1.165) is 31.1 Å². The minimum atomic E-state index is 0.723. The molecule has 1 aromatic carbocycles. The average Bonchev–Trinajstić information content (AvgIpc) is 2.72. The van der Waals surface area contributed by atoms with E-state index < -0.39 is 0 Å². The van der Waals surface area contributed by atoms with Crippen molar-refractivity contribution in [3.8, 4) is 5.69 Å². The van der Waals surface area contributed by atoms with Crippen LogP contribution >= 0.6 is 0 Å². The van der Waals surface area contributed by atoms with Crippen molar-refractivity contribution in [2.24, 2.45) is 0 Å². The van der Waals surface area contributed by atoms with Gasteiger partial charge in [-0.2, -0.15) is 5.10 Å². The zero-order valence-corrected chi connectivity index (χ0v) is 12.7. The Hall–Kier alpha value is -1.65. The summed E-state index contributed by atoms with van der Waals surface area (Å²) < 4.78 is 7.09. The molecular weight excluding hydrogens is 250 g/mol. The van der Waals surface area contributed by atoms with E-state index >= 15 is 0 Å². The van der Waals surface area contributed by atoms with Gasteiger partial charge in [0.15, 0.2) is 0 Å². The summed E-state index contributed by atoms with van der Waals surface area (Å²) in [6, 6.07) is 8.38. The van der Waals surface area contributed by atoms with Crippen molar-refractivity contribution in [1.82, 2.24) is 15.1 Å². The van der Waals surface area contributed by atoms with Crippen LogP contribution in [0.3, 0.4) is 0 Å². The summed E-state index contributed by atoms with van der Waals surface area (Å²) >= 11 is 0. The van der Waals surface area contributed by atoms with Gasteiger partial charge in [0, 0.05) is 25.9 Å². The number of benzene rings is 1. The standard InChI is InChI=1S/C16H23N3O/c1-12-13(2)18-19(14(12)3)16-8-6-5-7-15(16)11-17-9-10-20-4/h5-8,17H,9-11H2,1-4H3. The quantitative estimate of drug-likeness (QED) is 0.822. The van der Waals surface area contributed by atoms with E-state index in [2.05, 4.69) is 55.5 Å². The Kier molecular flexibility index (Phi) is 4.93. The summed E-state index contributed by atoms with van der Waals surface area (Å²) in [5.41, 5.74) is 5.93. The second-order valence-electron chi connectivity index (χ2n) is 5.01. The fraction of sp³-hybridized carbons (Fsp3) is 0.438. The van der Waals surface area contributed by atoms with Crippen LogP contribution in [-0.2, 0) is 11.3 Å². The molecule has 0 bridgehead atoms. The molecule has 0 aliphatic carbocycles. The van der Waals surface area contributed by atoms with Crippen LogP contribution in [0.15, 0.2) is 24.3 Å². The van der Waals surface area contributed by atoms with Crippen molar-refractivity contribution in [1.29, 1.82) is 0 Å². The highest BCUT2D eigenvalue weighted by Crippen LogP contribution is 2.19. The second kappa shape index (κ2) is 6.68. The van der Waals surface area contributed by atoms with Gasteiger partial charge in [-0.15, -0.1) is 0 Å². The molecule has 0 atom stereocenters. The first kappa shape index (κ1) is 14.8. The molecule has 1 aromatic heterocycles. The van der Waals surface area contributed by atoms with Crippen LogP contribution in [0.5, 0.6) is 0 Å². The largest absolute Gasteiger partial charge is 0.383 e. The molecule has 0 fully saturated rings. The Labute approximate surface area is 120 Å². The van der Waals surface area contributed by atoms with Crippen LogP contribution < -0.4 is 5.32 Å². The number of para-hydroxylation sites is 1. The topological polar surface area (TPSA) is 39.1 Å². The first-order chi connectivity index (χ1) is 9.65. The van der Waals surface area contributed by atoms with E-state index in [1.54, 1.807) is 7.11 Å². The van der Waals surface area contributed by atoms with Gasteiger partial charge in [-0.25, -0.2) is 4.68 Å². The minimum Gasteiger partial charge on any atom is -0.383 e. The lowest BCUT2D eigenvalue weighted by Gasteiger charge is -2.12. The summed E-state index contributed by atoms with van der Waals surface area (Å²) in [5.74, 6) is 0. The Morgan fingerprint density at radius 1 is 1.20 bits per heavy atom. The summed E-state index contributed by atoms with van der Waals surface area (Å²) in [7, 11) is 1.72. The molecule has 108 valence electrons. The fourth-order valence-corrected chi connectivity index (χ4v) is 2.22. The third-order valence-electron chi connectivity index (χ3n) is 3.67. The molecule has 0 amide bonds. The number of hydrogen-bond donors (Lipinski definition) is 1. The van der Waals surface area contributed by atoms with E-state index in [0.29, 0.717) is 0 Å². The van der Waals surface area contributed by atoms with Crippen LogP contribution in [0.1, 0.15) is 22.5 Å². The van der Waals surface area contributed by atoms with Gasteiger partial charge < -0.3 is 10.1 Å². The third kappa shape index (κ3) is 3.08. The predicted molar refractivity (Wildman–Crippen MR) is 81.4 cm³/mol. The van der Waals surface area contributed by atoms with Crippen LogP contribution in [0, 0.1) is 20.8 Å². The summed E-state index contributed by atoms with van der Waals surface area (Å²) in [4.78, 5) is 0. The molecule has 0 aliphatic rings. The van der Waals surface area contributed by atoms with Gasteiger partial charge in [-0.05, 0) is 38.0 Å². The van der Waals surface area contributed by atoms with Gasteiger partial charge >= 0.3 is 0 Å². The molecule has 20 heavy (non-hydrogen) atoms.